The molecule has 0 aromatic heterocycles. The fraction of sp³-hybridized carbons (Fsp3) is 0.840. The number of aliphatic hydroxyl groups is 1. The van der Waals surface area contributed by atoms with Crippen molar-refractivity contribution in [2.24, 2.45) is 34.0 Å². The predicted molar refractivity (Wildman–Crippen MR) is 116 cm³/mol. The summed E-state index contributed by atoms with van der Waals surface area (Å²) in [7, 11) is 0. The van der Waals surface area contributed by atoms with Gasteiger partial charge in [0.25, 0.3) is 0 Å². The molecule has 3 aliphatic carbocycles. The van der Waals surface area contributed by atoms with E-state index in [1.807, 2.05) is 6.92 Å². The highest BCUT2D eigenvalue weighted by Gasteiger charge is 2.62. The maximum atomic E-state index is 13.2. The zero-order chi connectivity index (χ0) is 22.3. The predicted octanol–water partition coefficient (Wildman–Crippen LogP) is 4.67. The van der Waals surface area contributed by atoms with Crippen molar-refractivity contribution in [3.05, 3.63) is 11.6 Å². The van der Waals surface area contributed by atoms with Crippen LogP contribution >= 0.6 is 0 Å². The smallest absolute Gasteiger partial charge is 0.313 e. The fourth-order valence-electron chi connectivity index (χ4n) is 7.49. The van der Waals surface area contributed by atoms with E-state index in [4.69, 9.17) is 9.47 Å². The molecular formula is C25H40O5. The molecule has 0 spiro atoms. The minimum absolute atomic E-state index is 0.130. The van der Waals surface area contributed by atoms with Crippen LogP contribution in [0.3, 0.4) is 0 Å². The van der Waals surface area contributed by atoms with Crippen molar-refractivity contribution in [1.82, 2.24) is 0 Å². The van der Waals surface area contributed by atoms with Crippen molar-refractivity contribution in [2.45, 2.75) is 86.2 Å². The van der Waals surface area contributed by atoms with Crippen molar-refractivity contribution >= 4 is 11.9 Å². The monoisotopic (exact) mass is 420 g/mol. The van der Waals surface area contributed by atoms with E-state index in [0.29, 0.717) is 17.3 Å². The highest BCUT2D eigenvalue weighted by Crippen LogP contribution is 2.68. The van der Waals surface area contributed by atoms with Gasteiger partial charge in [-0.05, 0) is 67.1 Å². The van der Waals surface area contributed by atoms with Crippen LogP contribution in [-0.2, 0) is 19.1 Å². The van der Waals surface area contributed by atoms with Crippen molar-refractivity contribution < 1.29 is 24.2 Å². The maximum absolute atomic E-state index is 13.2. The number of carbonyl (C=O) groups is 2. The van der Waals surface area contributed by atoms with Crippen LogP contribution in [0.1, 0.15) is 80.1 Å². The van der Waals surface area contributed by atoms with E-state index in [-0.39, 0.29) is 35.9 Å². The average Bonchev–Trinajstić information content (AvgIpc) is 2.63. The molecule has 0 radical (unpaired) electrons. The third-order valence-corrected chi connectivity index (χ3v) is 8.76. The van der Waals surface area contributed by atoms with Crippen molar-refractivity contribution in [3.63, 3.8) is 0 Å². The lowest BCUT2D eigenvalue weighted by molar-refractivity contribution is -0.174. The van der Waals surface area contributed by atoms with Gasteiger partial charge >= 0.3 is 11.9 Å². The Kier molecular flexibility index (Phi) is 6.44. The lowest BCUT2D eigenvalue weighted by atomic mass is 9.40. The Morgan fingerprint density at radius 1 is 1.07 bits per heavy atom. The maximum Gasteiger partial charge on any atom is 0.313 e. The Bertz CT molecular complexity index is 710. The molecule has 0 aliphatic heterocycles. The molecule has 0 saturated heterocycles. The minimum Gasteiger partial charge on any atom is -0.463 e. The summed E-state index contributed by atoms with van der Waals surface area (Å²) in [6.07, 6.45) is 8.25. The molecule has 3 aliphatic rings. The number of aliphatic hydroxyl groups excluding tert-OH is 1. The van der Waals surface area contributed by atoms with E-state index < -0.39 is 12.1 Å². The standard InChI is InChI=1S/C25H40O5/c1-16-8-9-20-24(5)12-7-11-23(3,4)19(24)10-13-25(20,6)21(16)22(28)30-15-18(27)14-29-17(2)26/h8,18-21,27H,7,9-15H2,1-6H3/t18-,19-,20-,21-,24-,25+/m1/s1. The Labute approximate surface area is 181 Å². The lowest BCUT2D eigenvalue weighted by Gasteiger charge is -2.64. The van der Waals surface area contributed by atoms with E-state index >= 15 is 0 Å². The Balaban J connectivity index is 1.78. The SMILES string of the molecule is CC(=O)OC[C@@H](O)COC(=O)[C@H]1C(C)=CC[C@@H]2[C@]3(C)CCCC(C)(C)[C@H]3CC[C@]12C. The van der Waals surface area contributed by atoms with Crippen LogP contribution in [0.15, 0.2) is 11.6 Å². The molecule has 5 heteroatoms. The van der Waals surface area contributed by atoms with E-state index in [9.17, 15) is 14.7 Å². The minimum atomic E-state index is -0.998. The summed E-state index contributed by atoms with van der Waals surface area (Å²) in [5.41, 5.74) is 1.54. The Morgan fingerprint density at radius 3 is 2.40 bits per heavy atom. The van der Waals surface area contributed by atoms with E-state index in [0.717, 1.165) is 24.8 Å². The number of ether oxygens (including phenoxy) is 2. The third-order valence-electron chi connectivity index (χ3n) is 8.76. The van der Waals surface area contributed by atoms with Gasteiger partial charge in [0.05, 0.1) is 5.92 Å². The number of esters is 2. The van der Waals surface area contributed by atoms with Crippen molar-refractivity contribution in [2.75, 3.05) is 13.2 Å². The van der Waals surface area contributed by atoms with Crippen molar-refractivity contribution in [1.29, 1.82) is 0 Å². The molecule has 0 aromatic carbocycles. The lowest BCUT2D eigenvalue weighted by Crippen LogP contribution is -2.58. The van der Waals surface area contributed by atoms with Gasteiger partial charge in [-0.15, -0.1) is 0 Å². The summed E-state index contributed by atoms with van der Waals surface area (Å²) in [4.78, 5) is 24.1. The van der Waals surface area contributed by atoms with Gasteiger partial charge in [0.15, 0.2) is 0 Å². The zero-order valence-electron chi connectivity index (χ0n) is 19.6. The average molecular weight is 421 g/mol. The molecule has 2 saturated carbocycles. The quantitative estimate of drug-likeness (QED) is 0.517. The van der Waals surface area contributed by atoms with Gasteiger partial charge in [-0.1, -0.05) is 45.8 Å². The van der Waals surface area contributed by atoms with Crippen LogP contribution in [0.2, 0.25) is 0 Å². The first kappa shape index (κ1) is 23.3. The molecule has 0 heterocycles. The molecule has 3 rings (SSSR count). The first-order valence-electron chi connectivity index (χ1n) is 11.6. The summed E-state index contributed by atoms with van der Waals surface area (Å²) >= 11 is 0. The summed E-state index contributed by atoms with van der Waals surface area (Å²) < 4.78 is 10.4. The zero-order valence-corrected chi connectivity index (χ0v) is 19.6. The van der Waals surface area contributed by atoms with Gasteiger partial charge in [-0.2, -0.15) is 0 Å². The number of rotatable bonds is 5. The summed E-state index contributed by atoms with van der Waals surface area (Å²) in [5, 5.41) is 9.99. The molecule has 0 unspecified atom stereocenters. The molecule has 0 bridgehead atoms. The van der Waals surface area contributed by atoms with E-state index in [1.165, 1.54) is 26.2 Å². The Hall–Kier alpha value is -1.36. The van der Waals surface area contributed by atoms with Gasteiger partial charge in [0.1, 0.15) is 19.3 Å². The topological polar surface area (TPSA) is 72.8 Å². The highest BCUT2D eigenvalue weighted by molar-refractivity contribution is 5.77. The Morgan fingerprint density at radius 2 is 1.73 bits per heavy atom. The van der Waals surface area contributed by atoms with Crippen LogP contribution in [0.4, 0.5) is 0 Å². The number of fused-ring (bicyclic) bond motifs is 3. The molecule has 0 aromatic rings. The van der Waals surface area contributed by atoms with Gasteiger partial charge in [0, 0.05) is 6.92 Å². The summed E-state index contributed by atoms with van der Waals surface area (Å²) in [6, 6.07) is 0. The first-order chi connectivity index (χ1) is 13.9. The van der Waals surface area contributed by atoms with Gasteiger partial charge in [-0.25, -0.2) is 0 Å². The molecular weight excluding hydrogens is 380 g/mol. The van der Waals surface area contributed by atoms with Crippen LogP contribution in [-0.4, -0.2) is 36.4 Å². The van der Waals surface area contributed by atoms with Crippen molar-refractivity contribution in [3.8, 4) is 0 Å². The molecule has 170 valence electrons. The molecule has 5 nitrogen and oxygen atoms in total. The molecule has 30 heavy (non-hydrogen) atoms. The largest absolute Gasteiger partial charge is 0.463 e. The molecule has 6 atom stereocenters. The van der Waals surface area contributed by atoms with Gasteiger partial charge < -0.3 is 14.6 Å². The number of allylic oxidation sites excluding steroid dienone is 1. The second-order valence-electron chi connectivity index (χ2n) is 11.2. The van der Waals surface area contributed by atoms with E-state index in [2.05, 4.69) is 33.8 Å². The van der Waals surface area contributed by atoms with E-state index in [1.54, 1.807) is 0 Å². The van der Waals surface area contributed by atoms with Gasteiger partial charge in [0.2, 0.25) is 0 Å². The second-order valence-corrected chi connectivity index (χ2v) is 11.2. The number of hydrogen-bond acceptors (Lipinski definition) is 5. The second kappa shape index (κ2) is 8.29. The third kappa shape index (κ3) is 4.06. The normalized spacial score (nSPS) is 38.5. The highest BCUT2D eigenvalue weighted by atomic mass is 16.6. The number of hydrogen-bond donors (Lipinski definition) is 1. The molecule has 0 amide bonds. The van der Waals surface area contributed by atoms with Crippen LogP contribution in [0.25, 0.3) is 0 Å². The van der Waals surface area contributed by atoms with Crippen LogP contribution in [0, 0.1) is 34.0 Å². The molecule has 2 fully saturated rings. The van der Waals surface area contributed by atoms with Crippen LogP contribution < -0.4 is 0 Å². The summed E-state index contributed by atoms with van der Waals surface area (Å²) in [6.45, 7) is 12.6. The summed E-state index contributed by atoms with van der Waals surface area (Å²) in [5.74, 6) is 0.151. The first-order valence-corrected chi connectivity index (χ1v) is 11.6. The fourth-order valence-corrected chi connectivity index (χ4v) is 7.49. The van der Waals surface area contributed by atoms with Crippen LogP contribution in [0.5, 0.6) is 0 Å². The molecule has 1 N–H and O–H groups in total. The van der Waals surface area contributed by atoms with Gasteiger partial charge in [-0.3, -0.25) is 9.59 Å². The number of carbonyl (C=O) groups excluding carboxylic acids is 2.